The number of anilines is 2. The largest absolute Gasteiger partial charge is 0.494 e. The lowest BCUT2D eigenvalue weighted by atomic mass is 10.2. The van der Waals surface area contributed by atoms with Gasteiger partial charge in [0.25, 0.3) is 0 Å². The van der Waals surface area contributed by atoms with Crippen LogP contribution in [-0.4, -0.2) is 45.8 Å². The summed E-state index contributed by atoms with van der Waals surface area (Å²) in [5.41, 5.74) is 1.16. The Hall–Kier alpha value is -3.07. The molecule has 2 aromatic carbocycles. The van der Waals surface area contributed by atoms with Crippen LogP contribution >= 0.6 is 0 Å². The minimum absolute atomic E-state index is 0.351. The van der Waals surface area contributed by atoms with Crippen LogP contribution in [-0.2, 0) is 19.6 Å². The number of carbonyl (C=O) groups is 2. The number of rotatable bonds is 11. The van der Waals surface area contributed by atoms with Gasteiger partial charge < -0.3 is 14.8 Å². The van der Waals surface area contributed by atoms with Crippen LogP contribution < -0.4 is 14.4 Å². The molecule has 0 unspecified atom stereocenters. The number of ether oxygens (including phenoxy) is 2. The van der Waals surface area contributed by atoms with Crippen molar-refractivity contribution >= 4 is 33.3 Å². The molecule has 0 radical (unpaired) electrons. The quantitative estimate of drug-likeness (QED) is 0.402. The third-order valence-electron chi connectivity index (χ3n) is 4.61. The fourth-order valence-corrected chi connectivity index (χ4v) is 4.17. The molecule has 0 fully saturated rings. The van der Waals surface area contributed by atoms with Gasteiger partial charge in [0.15, 0.2) is 0 Å². The van der Waals surface area contributed by atoms with Gasteiger partial charge >= 0.3 is 5.97 Å². The number of nitrogens with zero attached hydrogens (tertiary/aromatic N) is 1. The Balaban J connectivity index is 2.12. The summed E-state index contributed by atoms with van der Waals surface area (Å²) in [4.78, 5) is 24.8. The average molecular weight is 463 g/mol. The number of benzene rings is 2. The Morgan fingerprint density at radius 3 is 2.19 bits per heavy atom. The monoisotopic (exact) mass is 462 g/mol. The molecule has 0 aromatic heterocycles. The second-order valence-corrected chi connectivity index (χ2v) is 9.08. The molecular formula is C23H30N2O6S. The van der Waals surface area contributed by atoms with E-state index in [0.717, 1.165) is 23.4 Å². The minimum Gasteiger partial charge on any atom is -0.494 e. The first-order valence-corrected chi connectivity index (χ1v) is 12.3. The highest BCUT2D eigenvalue weighted by Crippen LogP contribution is 2.24. The summed E-state index contributed by atoms with van der Waals surface area (Å²) in [6.45, 7) is 6.21. The van der Waals surface area contributed by atoms with Crippen LogP contribution in [0.1, 0.15) is 44.0 Å². The minimum atomic E-state index is -3.74. The van der Waals surface area contributed by atoms with Crippen LogP contribution in [0.3, 0.4) is 0 Å². The maximum absolute atomic E-state index is 12.8. The zero-order valence-corrected chi connectivity index (χ0v) is 19.6. The number of nitrogens with one attached hydrogen (secondary N) is 1. The fraction of sp³-hybridized carbons (Fsp3) is 0.391. The van der Waals surface area contributed by atoms with Gasteiger partial charge in [0.1, 0.15) is 11.8 Å². The lowest BCUT2D eigenvalue weighted by molar-refractivity contribution is -0.116. The first kappa shape index (κ1) is 25.2. The molecule has 1 N–H and O–H groups in total. The molecule has 0 saturated carbocycles. The van der Waals surface area contributed by atoms with E-state index in [1.807, 2.05) is 13.8 Å². The third kappa shape index (κ3) is 6.98. The first-order valence-electron chi connectivity index (χ1n) is 10.5. The Morgan fingerprint density at radius 2 is 1.66 bits per heavy atom. The highest BCUT2D eigenvalue weighted by Gasteiger charge is 2.29. The van der Waals surface area contributed by atoms with Crippen molar-refractivity contribution in [2.75, 3.05) is 29.1 Å². The average Bonchev–Trinajstić information content (AvgIpc) is 2.75. The standard InChI is InChI=1S/C23H30N2O6S/c1-5-7-16-31-23(27)18-8-10-19(11-9-18)24-22(26)17(3)25(32(4,28)29)20-12-14-21(15-13-20)30-6-2/h8-15,17H,5-7,16H2,1-4H3,(H,24,26)/t17-/m0/s1. The van der Waals surface area contributed by atoms with Crippen molar-refractivity contribution in [2.45, 2.75) is 39.7 Å². The summed E-state index contributed by atoms with van der Waals surface area (Å²) in [6.07, 6.45) is 2.77. The van der Waals surface area contributed by atoms with Crippen LogP contribution in [0.25, 0.3) is 0 Å². The summed E-state index contributed by atoms with van der Waals surface area (Å²) < 4.78 is 36.5. The smallest absolute Gasteiger partial charge is 0.338 e. The maximum atomic E-state index is 12.8. The molecule has 0 spiro atoms. The van der Waals surface area contributed by atoms with Crippen molar-refractivity contribution in [1.29, 1.82) is 0 Å². The van der Waals surface area contributed by atoms with Crippen LogP contribution in [0.2, 0.25) is 0 Å². The number of esters is 1. The molecule has 174 valence electrons. The lowest BCUT2D eigenvalue weighted by Crippen LogP contribution is -2.45. The number of carbonyl (C=O) groups excluding carboxylic acids is 2. The van der Waals surface area contributed by atoms with Crippen LogP contribution in [0.4, 0.5) is 11.4 Å². The zero-order valence-electron chi connectivity index (χ0n) is 18.8. The van der Waals surface area contributed by atoms with Gasteiger partial charge in [-0.25, -0.2) is 13.2 Å². The van der Waals surface area contributed by atoms with Crippen LogP contribution in [0, 0.1) is 0 Å². The molecule has 0 saturated heterocycles. The number of hydrogen-bond donors (Lipinski definition) is 1. The number of hydrogen-bond acceptors (Lipinski definition) is 6. The van der Waals surface area contributed by atoms with E-state index in [4.69, 9.17) is 9.47 Å². The molecule has 0 heterocycles. The van der Waals surface area contributed by atoms with Crippen molar-refractivity contribution in [3.8, 4) is 5.75 Å². The Labute approximate surface area is 189 Å². The number of sulfonamides is 1. The zero-order chi connectivity index (χ0) is 23.7. The summed E-state index contributed by atoms with van der Waals surface area (Å²) >= 11 is 0. The Bertz CT molecular complexity index is 1000. The molecule has 0 aliphatic heterocycles. The van der Waals surface area contributed by atoms with Crippen LogP contribution in [0.15, 0.2) is 48.5 Å². The second-order valence-electron chi connectivity index (χ2n) is 7.22. The van der Waals surface area contributed by atoms with Crippen molar-refractivity contribution in [2.24, 2.45) is 0 Å². The summed E-state index contributed by atoms with van der Waals surface area (Å²) in [5, 5.41) is 2.69. The molecule has 0 bridgehead atoms. The SMILES string of the molecule is CCCCOC(=O)c1ccc(NC(=O)[C@H](C)N(c2ccc(OCC)cc2)S(C)(=O)=O)cc1. The summed E-state index contributed by atoms with van der Waals surface area (Å²) in [5.74, 6) is -0.332. The lowest BCUT2D eigenvalue weighted by Gasteiger charge is -2.28. The van der Waals surface area contributed by atoms with Crippen molar-refractivity contribution in [1.82, 2.24) is 0 Å². The molecule has 32 heavy (non-hydrogen) atoms. The van der Waals surface area contributed by atoms with Crippen molar-refractivity contribution in [3.63, 3.8) is 0 Å². The second kappa shape index (κ2) is 11.5. The van der Waals surface area contributed by atoms with E-state index in [1.54, 1.807) is 48.5 Å². The van der Waals surface area contributed by atoms with Gasteiger partial charge in [-0.1, -0.05) is 13.3 Å². The number of amides is 1. The highest BCUT2D eigenvalue weighted by molar-refractivity contribution is 7.92. The van der Waals surface area contributed by atoms with E-state index < -0.39 is 27.9 Å². The van der Waals surface area contributed by atoms with E-state index in [1.165, 1.54) is 6.92 Å². The first-order chi connectivity index (χ1) is 15.2. The van der Waals surface area contributed by atoms with Gasteiger partial charge in [0.2, 0.25) is 15.9 Å². The summed E-state index contributed by atoms with van der Waals surface area (Å²) in [7, 11) is -3.74. The molecule has 0 aliphatic carbocycles. The fourth-order valence-electron chi connectivity index (χ4n) is 2.99. The van der Waals surface area contributed by atoms with Gasteiger partial charge in [-0.15, -0.1) is 0 Å². The predicted molar refractivity (Wildman–Crippen MR) is 125 cm³/mol. The molecule has 2 rings (SSSR count). The van der Waals surface area contributed by atoms with Crippen molar-refractivity contribution in [3.05, 3.63) is 54.1 Å². The highest BCUT2D eigenvalue weighted by atomic mass is 32.2. The van der Waals surface area contributed by atoms with E-state index in [2.05, 4.69) is 5.32 Å². The molecule has 1 amide bonds. The van der Waals surface area contributed by atoms with Gasteiger partial charge in [0, 0.05) is 5.69 Å². The molecule has 9 heteroatoms. The van der Waals surface area contributed by atoms with E-state index >= 15 is 0 Å². The molecule has 8 nitrogen and oxygen atoms in total. The topological polar surface area (TPSA) is 102 Å². The maximum Gasteiger partial charge on any atom is 0.338 e. The molecule has 0 aliphatic rings. The normalized spacial score (nSPS) is 12.0. The van der Waals surface area contributed by atoms with Crippen LogP contribution in [0.5, 0.6) is 5.75 Å². The van der Waals surface area contributed by atoms with Gasteiger partial charge in [0.05, 0.1) is 30.7 Å². The Kier molecular flexibility index (Phi) is 9.07. The molecule has 2 aromatic rings. The van der Waals surface area contributed by atoms with Gasteiger partial charge in [-0.2, -0.15) is 0 Å². The third-order valence-corrected chi connectivity index (χ3v) is 5.85. The summed E-state index contributed by atoms with van der Waals surface area (Å²) in [6, 6.07) is 11.7. The molecular weight excluding hydrogens is 432 g/mol. The van der Waals surface area contributed by atoms with E-state index in [0.29, 0.717) is 35.9 Å². The van der Waals surface area contributed by atoms with E-state index in [-0.39, 0.29) is 0 Å². The Morgan fingerprint density at radius 1 is 1.03 bits per heavy atom. The number of unbranched alkanes of at least 4 members (excludes halogenated alkanes) is 1. The van der Waals surface area contributed by atoms with Crippen molar-refractivity contribution < 1.29 is 27.5 Å². The van der Waals surface area contributed by atoms with Gasteiger partial charge in [-0.05, 0) is 68.8 Å². The predicted octanol–water partition coefficient (Wildman–Crippen LogP) is 3.84. The van der Waals surface area contributed by atoms with E-state index in [9.17, 15) is 18.0 Å². The molecule has 1 atom stereocenters. The van der Waals surface area contributed by atoms with Gasteiger partial charge in [-0.3, -0.25) is 9.10 Å².